The molecule has 3 fully saturated rings. The molecule has 1 amide bonds. The minimum Gasteiger partial charge on any atom is -0.457 e. The number of aliphatic hydroxyl groups excluding tert-OH is 1. The number of hydrogen-bond donors (Lipinski definition) is 1. The number of ether oxygens (including phenoxy) is 5. The third kappa shape index (κ3) is 9.21. The molecule has 0 aromatic heterocycles. The smallest absolute Gasteiger partial charge is 0.410 e. The highest BCUT2D eigenvalue weighted by Crippen LogP contribution is 2.44. The summed E-state index contributed by atoms with van der Waals surface area (Å²) in [5, 5.41) is 14.4. The molecule has 2 aromatic carbocycles. The van der Waals surface area contributed by atoms with Crippen molar-refractivity contribution in [3.05, 3.63) is 47.0 Å². The predicted molar refractivity (Wildman–Crippen MR) is 226 cm³/mol. The minimum atomic E-state index is -1.25. The van der Waals surface area contributed by atoms with Gasteiger partial charge in [-0.3, -0.25) is 19.5 Å². The van der Waals surface area contributed by atoms with Crippen molar-refractivity contribution in [2.75, 3.05) is 33.8 Å². The maximum Gasteiger partial charge on any atom is 0.410 e. The number of hydrogen-bond acceptors (Lipinski definition) is 11. The third-order valence-corrected chi connectivity index (χ3v) is 13.3. The molecule has 4 heterocycles. The molecule has 0 saturated carbocycles. The Hall–Kier alpha value is -3.57. The van der Waals surface area contributed by atoms with Crippen LogP contribution in [0.3, 0.4) is 0 Å². The number of nitrogens with zero attached hydrogens (tertiary/aromatic N) is 3. The predicted octanol–water partition coefficient (Wildman–Crippen LogP) is 6.69. The average Bonchev–Trinajstić information content (AvgIpc) is 3.31. The SMILES string of the molecule is CCC[C@@H]1OC(=O)[C@H](C)C(=O)[C@H](C)[C@@H](O[C@H]2O[C@@H](C)C[C@@H](N(C)C)C2O)[C@@](C)(OCC#Cc2ccc3cc(Cl)ccc3c2)C[C@@H](C)C2=NCCN3C(=O)O[C@@]1(C)[C@H]3[C@@H]2C. The molecule has 12 nitrogen and oxygen atoms in total. The Kier molecular flexibility index (Phi) is 13.9. The summed E-state index contributed by atoms with van der Waals surface area (Å²) in [5.74, 6) is 2.61. The molecule has 322 valence electrons. The van der Waals surface area contributed by atoms with E-state index in [1.807, 2.05) is 90.0 Å². The van der Waals surface area contributed by atoms with E-state index >= 15 is 0 Å². The summed E-state index contributed by atoms with van der Waals surface area (Å²) in [7, 11) is 3.80. The van der Waals surface area contributed by atoms with E-state index in [0.29, 0.717) is 43.8 Å². The summed E-state index contributed by atoms with van der Waals surface area (Å²) in [6.45, 7) is 15.7. The van der Waals surface area contributed by atoms with Gasteiger partial charge in [0.1, 0.15) is 24.7 Å². The fourth-order valence-corrected chi connectivity index (χ4v) is 10.2. The fourth-order valence-electron chi connectivity index (χ4n) is 10.00. The van der Waals surface area contributed by atoms with Crippen LogP contribution in [-0.2, 0) is 33.3 Å². The normalized spacial score (nSPS) is 36.9. The number of Topliss-reactive ketones (excluding diaryl/α,β-unsaturated/α-hetero) is 1. The Morgan fingerprint density at radius 2 is 1.75 bits per heavy atom. The molecule has 4 aliphatic heterocycles. The molecular weight excluding hydrogens is 774 g/mol. The van der Waals surface area contributed by atoms with E-state index < -0.39 is 71.5 Å². The molecule has 1 N–H and O–H groups in total. The first-order chi connectivity index (χ1) is 27.9. The molecule has 0 aliphatic carbocycles. The molecular formula is C46H62ClN3O9. The Morgan fingerprint density at radius 3 is 2.46 bits per heavy atom. The van der Waals surface area contributed by atoms with Crippen LogP contribution in [0.4, 0.5) is 4.79 Å². The van der Waals surface area contributed by atoms with Crippen LogP contribution in [-0.4, -0.2) is 126 Å². The molecule has 3 saturated heterocycles. The second kappa shape index (κ2) is 18.2. The maximum absolute atomic E-state index is 14.7. The van der Waals surface area contributed by atoms with Crippen molar-refractivity contribution in [1.82, 2.24) is 9.80 Å². The van der Waals surface area contributed by atoms with Crippen LogP contribution < -0.4 is 0 Å². The summed E-state index contributed by atoms with van der Waals surface area (Å²) < 4.78 is 32.5. The second-order valence-corrected chi connectivity index (χ2v) is 18.2. The standard InChI is InChI=1S/C46H62ClN3O9/c1-11-13-36-46(8)40-28(4)37(48-19-20-50(40)44(54)59-46)26(2)25-45(7,55-21-12-14-31-15-16-33-24-34(47)18-17-32(33)23-31)41(29(5)38(51)30(6)42(53)57-36)58-43-39(52)35(49(9)10)22-27(3)56-43/h15-18,23-24,26-30,35-36,39-41,43,52H,11,13,19-22,25H2,1-10H3/t26-,27+,28-,29+,30-,35-,36+,39?,40-,41-,43-,45+,46-/m1/s1. The van der Waals surface area contributed by atoms with Gasteiger partial charge in [-0.25, -0.2) is 4.79 Å². The Labute approximate surface area is 354 Å². The fraction of sp³-hybridized carbons (Fsp3) is 0.652. The third-order valence-electron chi connectivity index (χ3n) is 13.1. The van der Waals surface area contributed by atoms with Crippen molar-refractivity contribution in [2.24, 2.45) is 28.7 Å². The highest BCUT2D eigenvalue weighted by molar-refractivity contribution is 6.31. The lowest BCUT2D eigenvalue weighted by Gasteiger charge is -2.47. The van der Waals surface area contributed by atoms with Crippen LogP contribution in [0.5, 0.6) is 0 Å². The van der Waals surface area contributed by atoms with E-state index in [4.69, 9.17) is 40.3 Å². The van der Waals surface area contributed by atoms with Crippen molar-refractivity contribution < 1.29 is 43.2 Å². The number of aliphatic imine (C=N–C) groups is 1. The van der Waals surface area contributed by atoms with E-state index in [1.54, 1.807) is 18.7 Å². The number of carbonyl (C=O) groups excluding carboxylic acids is 3. The van der Waals surface area contributed by atoms with E-state index in [2.05, 4.69) is 18.8 Å². The van der Waals surface area contributed by atoms with Gasteiger partial charge in [-0.2, -0.15) is 0 Å². The van der Waals surface area contributed by atoms with Gasteiger partial charge in [-0.1, -0.05) is 69.7 Å². The van der Waals surface area contributed by atoms with Crippen molar-refractivity contribution in [1.29, 1.82) is 0 Å². The second-order valence-electron chi connectivity index (χ2n) is 17.8. The molecule has 0 spiro atoms. The number of halogens is 1. The zero-order chi connectivity index (χ0) is 43.0. The van der Waals surface area contributed by atoms with Crippen molar-refractivity contribution >= 4 is 45.9 Å². The molecule has 2 bridgehead atoms. The van der Waals surface area contributed by atoms with Gasteiger partial charge in [0, 0.05) is 40.7 Å². The van der Waals surface area contributed by atoms with Crippen molar-refractivity contribution in [2.45, 2.75) is 135 Å². The van der Waals surface area contributed by atoms with Gasteiger partial charge in [0.05, 0.1) is 30.4 Å². The number of ketones is 1. The summed E-state index contributed by atoms with van der Waals surface area (Å²) in [6, 6.07) is 10.8. The van der Waals surface area contributed by atoms with Gasteiger partial charge < -0.3 is 33.7 Å². The quantitative estimate of drug-likeness (QED) is 0.183. The first-order valence-corrected chi connectivity index (χ1v) is 21.5. The van der Waals surface area contributed by atoms with Crippen molar-refractivity contribution in [3.63, 3.8) is 0 Å². The van der Waals surface area contributed by atoms with Gasteiger partial charge in [-0.15, -0.1) is 0 Å². The lowest BCUT2D eigenvalue weighted by Crippen LogP contribution is -2.60. The number of benzene rings is 2. The Morgan fingerprint density at radius 1 is 1.03 bits per heavy atom. The van der Waals surface area contributed by atoms with Crippen LogP contribution >= 0.6 is 11.6 Å². The first-order valence-electron chi connectivity index (χ1n) is 21.1. The minimum absolute atomic E-state index is 0.0252. The van der Waals surface area contributed by atoms with Crippen LogP contribution in [0.25, 0.3) is 10.8 Å². The lowest BCUT2D eigenvalue weighted by atomic mass is 9.73. The summed E-state index contributed by atoms with van der Waals surface area (Å²) >= 11 is 6.21. The Balaban J connectivity index is 1.43. The van der Waals surface area contributed by atoms with Crippen LogP contribution in [0.15, 0.2) is 41.4 Å². The molecule has 4 aliphatic rings. The molecule has 13 heteroatoms. The van der Waals surface area contributed by atoms with E-state index in [9.17, 15) is 19.5 Å². The number of rotatable bonds is 7. The summed E-state index contributed by atoms with van der Waals surface area (Å²) in [6.07, 6.45) is -2.73. The average molecular weight is 836 g/mol. The molecule has 6 rings (SSSR count). The number of likely N-dealkylation sites (N-methyl/N-ethyl adjacent to an activating group) is 1. The summed E-state index contributed by atoms with van der Waals surface area (Å²) in [5.41, 5.74) is -0.795. The Bertz CT molecular complexity index is 1980. The van der Waals surface area contributed by atoms with Crippen LogP contribution in [0, 0.1) is 35.5 Å². The zero-order valence-corrected chi connectivity index (χ0v) is 37.0. The van der Waals surface area contributed by atoms with E-state index in [-0.39, 0.29) is 30.6 Å². The topological polar surface area (TPSA) is 136 Å². The van der Waals surface area contributed by atoms with Crippen molar-refractivity contribution in [3.8, 4) is 11.8 Å². The van der Waals surface area contributed by atoms with Gasteiger partial charge in [0.15, 0.2) is 17.7 Å². The van der Waals surface area contributed by atoms with Gasteiger partial charge in [0.25, 0.3) is 0 Å². The molecule has 0 radical (unpaired) electrons. The highest BCUT2D eigenvalue weighted by atomic mass is 35.5. The van der Waals surface area contributed by atoms with Gasteiger partial charge >= 0.3 is 12.1 Å². The highest BCUT2D eigenvalue weighted by Gasteiger charge is 2.60. The van der Waals surface area contributed by atoms with E-state index in [1.165, 1.54) is 0 Å². The number of carbonyl (C=O) groups is 3. The van der Waals surface area contributed by atoms with Gasteiger partial charge in [-0.05, 0) is 102 Å². The lowest BCUT2D eigenvalue weighted by molar-refractivity contribution is -0.296. The number of cyclic esters (lactones) is 1. The largest absolute Gasteiger partial charge is 0.457 e. The molecule has 2 aromatic rings. The zero-order valence-electron chi connectivity index (χ0n) is 36.2. The molecule has 59 heavy (non-hydrogen) atoms. The maximum atomic E-state index is 14.7. The number of aliphatic hydroxyl groups is 1. The molecule has 1 unspecified atom stereocenters. The van der Waals surface area contributed by atoms with Crippen LogP contribution in [0.2, 0.25) is 5.02 Å². The van der Waals surface area contributed by atoms with Crippen LogP contribution in [0.1, 0.15) is 86.6 Å². The number of amides is 1. The monoisotopic (exact) mass is 835 g/mol. The summed E-state index contributed by atoms with van der Waals surface area (Å²) in [4.78, 5) is 51.1. The number of esters is 1. The number of fused-ring (bicyclic) bond motifs is 2. The van der Waals surface area contributed by atoms with E-state index in [0.717, 1.165) is 22.0 Å². The van der Waals surface area contributed by atoms with Gasteiger partial charge in [0.2, 0.25) is 0 Å². The first kappa shape index (κ1) is 45.0. The molecule has 13 atom stereocenters.